The van der Waals surface area contributed by atoms with E-state index in [1.165, 1.54) is 31.6 Å². The number of imidazole rings is 1. The maximum absolute atomic E-state index is 13.9. The van der Waals surface area contributed by atoms with Gasteiger partial charge in [0.1, 0.15) is 0 Å². The van der Waals surface area contributed by atoms with Gasteiger partial charge in [0.2, 0.25) is 0 Å². The Hall–Kier alpha value is -3.26. The Labute approximate surface area is 212 Å². The number of nitrogens with zero attached hydrogens (tertiary/aromatic N) is 4. The standard InChI is InChI=1S/C28H35FN4O3/c1-34-27-18-22(8-9-24(27)29)32-14-15-33-23(19-32)5-3-6-25(33)21-7-10-26(28(17-21)35-2)36-16-4-12-31-13-11-30-20-31/h7-11,13,17-18,20,23,25H,3-6,12,14-16,19H2,1-2H3/t23?,25-/m1/s1. The first-order chi connectivity index (χ1) is 17.7. The smallest absolute Gasteiger partial charge is 0.165 e. The molecule has 0 radical (unpaired) electrons. The second kappa shape index (κ2) is 11.2. The van der Waals surface area contributed by atoms with Gasteiger partial charge in [0.05, 0.1) is 27.2 Å². The van der Waals surface area contributed by atoms with Gasteiger partial charge in [-0.05, 0) is 55.5 Å². The Morgan fingerprint density at radius 1 is 1.00 bits per heavy atom. The van der Waals surface area contributed by atoms with Crippen LogP contribution in [0.2, 0.25) is 0 Å². The number of rotatable bonds is 9. The van der Waals surface area contributed by atoms with Crippen molar-refractivity contribution in [2.45, 2.75) is 44.3 Å². The van der Waals surface area contributed by atoms with Crippen LogP contribution < -0.4 is 19.1 Å². The van der Waals surface area contributed by atoms with E-state index in [-0.39, 0.29) is 5.82 Å². The van der Waals surface area contributed by atoms with Gasteiger partial charge in [-0.3, -0.25) is 4.90 Å². The number of hydrogen-bond donors (Lipinski definition) is 0. The van der Waals surface area contributed by atoms with E-state index in [9.17, 15) is 4.39 Å². The predicted octanol–water partition coefficient (Wildman–Crippen LogP) is 4.92. The van der Waals surface area contributed by atoms with Gasteiger partial charge in [-0.25, -0.2) is 9.37 Å². The minimum atomic E-state index is -0.322. The van der Waals surface area contributed by atoms with Crippen LogP contribution in [0, 0.1) is 5.82 Å². The van der Waals surface area contributed by atoms with E-state index in [4.69, 9.17) is 14.2 Å². The predicted molar refractivity (Wildman–Crippen MR) is 138 cm³/mol. The molecule has 0 N–H and O–H groups in total. The minimum Gasteiger partial charge on any atom is -0.494 e. The van der Waals surface area contributed by atoms with Crippen LogP contribution in [0.3, 0.4) is 0 Å². The van der Waals surface area contributed by atoms with Crippen molar-refractivity contribution in [3.05, 3.63) is 66.5 Å². The van der Waals surface area contributed by atoms with Crippen molar-refractivity contribution in [3.63, 3.8) is 0 Å². The molecule has 2 aliphatic heterocycles. The Morgan fingerprint density at radius 3 is 2.69 bits per heavy atom. The molecule has 2 saturated heterocycles. The lowest BCUT2D eigenvalue weighted by Gasteiger charge is -2.49. The molecule has 2 aromatic carbocycles. The summed E-state index contributed by atoms with van der Waals surface area (Å²) < 4.78 is 32.9. The average Bonchev–Trinajstić information content (AvgIpc) is 3.44. The first-order valence-corrected chi connectivity index (χ1v) is 12.8. The van der Waals surface area contributed by atoms with Gasteiger partial charge in [0.25, 0.3) is 0 Å². The second-order valence-electron chi connectivity index (χ2n) is 9.52. The van der Waals surface area contributed by atoms with Gasteiger partial charge in [-0.1, -0.05) is 6.07 Å². The zero-order valence-electron chi connectivity index (χ0n) is 21.1. The van der Waals surface area contributed by atoms with Crippen LogP contribution in [0.4, 0.5) is 10.1 Å². The Balaban J connectivity index is 1.23. The molecule has 192 valence electrons. The zero-order chi connectivity index (χ0) is 24.9. The highest BCUT2D eigenvalue weighted by molar-refractivity contribution is 5.52. The Kier molecular flexibility index (Phi) is 7.60. The monoisotopic (exact) mass is 494 g/mol. The molecule has 8 heteroatoms. The highest BCUT2D eigenvalue weighted by Gasteiger charge is 2.36. The van der Waals surface area contributed by atoms with Crippen molar-refractivity contribution in [3.8, 4) is 17.2 Å². The van der Waals surface area contributed by atoms with E-state index < -0.39 is 0 Å². The van der Waals surface area contributed by atoms with Crippen molar-refractivity contribution >= 4 is 5.69 Å². The van der Waals surface area contributed by atoms with Crippen molar-refractivity contribution in [1.29, 1.82) is 0 Å². The quantitative estimate of drug-likeness (QED) is 0.394. The molecule has 1 aromatic heterocycles. The molecule has 5 rings (SSSR count). The topological polar surface area (TPSA) is 52.0 Å². The number of aromatic nitrogens is 2. The summed E-state index contributed by atoms with van der Waals surface area (Å²) in [6.07, 6.45) is 9.96. The van der Waals surface area contributed by atoms with Gasteiger partial charge in [-0.2, -0.15) is 0 Å². The largest absolute Gasteiger partial charge is 0.494 e. The van der Waals surface area contributed by atoms with Crippen LogP contribution >= 0.6 is 0 Å². The number of methoxy groups -OCH3 is 2. The van der Waals surface area contributed by atoms with Gasteiger partial charge in [0, 0.05) is 62.4 Å². The summed E-state index contributed by atoms with van der Waals surface area (Å²) in [6, 6.07) is 12.4. The highest BCUT2D eigenvalue weighted by atomic mass is 19.1. The lowest BCUT2D eigenvalue weighted by Crippen LogP contribution is -2.55. The van der Waals surface area contributed by atoms with E-state index in [1.54, 1.807) is 13.3 Å². The Bertz CT molecular complexity index is 1140. The molecule has 0 bridgehead atoms. The number of ether oxygens (including phenoxy) is 3. The van der Waals surface area contributed by atoms with Crippen LogP contribution in [0.25, 0.3) is 0 Å². The van der Waals surface area contributed by atoms with Crippen molar-refractivity contribution in [2.75, 3.05) is 45.4 Å². The fraction of sp³-hybridized carbons (Fsp3) is 0.464. The van der Waals surface area contributed by atoms with Crippen molar-refractivity contribution < 1.29 is 18.6 Å². The van der Waals surface area contributed by atoms with Gasteiger partial charge in [0.15, 0.2) is 23.1 Å². The first kappa shape index (κ1) is 24.4. The van der Waals surface area contributed by atoms with Gasteiger partial charge < -0.3 is 23.7 Å². The number of anilines is 1. The van der Waals surface area contributed by atoms with Crippen LogP contribution in [-0.2, 0) is 6.54 Å². The number of hydrogen-bond acceptors (Lipinski definition) is 6. The summed E-state index contributed by atoms with van der Waals surface area (Å²) in [4.78, 5) is 9.07. The van der Waals surface area contributed by atoms with Crippen LogP contribution in [0.5, 0.6) is 17.2 Å². The molecule has 0 aliphatic carbocycles. The number of benzene rings is 2. The van der Waals surface area contributed by atoms with E-state index in [1.807, 2.05) is 24.7 Å². The lowest BCUT2D eigenvalue weighted by atomic mass is 9.89. The van der Waals surface area contributed by atoms with Crippen molar-refractivity contribution in [2.24, 2.45) is 0 Å². The third-order valence-corrected chi connectivity index (χ3v) is 7.39. The molecule has 2 aliphatic rings. The fourth-order valence-electron chi connectivity index (χ4n) is 5.55. The van der Waals surface area contributed by atoms with Crippen LogP contribution in [-0.4, -0.2) is 61.0 Å². The molecular formula is C28H35FN4O3. The van der Waals surface area contributed by atoms with E-state index in [0.717, 1.165) is 56.2 Å². The third kappa shape index (κ3) is 5.28. The van der Waals surface area contributed by atoms with Gasteiger partial charge >= 0.3 is 0 Å². The number of fused-ring (bicyclic) bond motifs is 1. The number of piperidine rings is 1. The van der Waals surface area contributed by atoms with E-state index in [2.05, 4.69) is 37.5 Å². The summed E-state index contributed by atoms with van der Waals surface area (Å²) >= 11 is 0. The fourth-order valence-corrected chi connectivity index (χ4v) is 5.55. The molecule has 2 atom stereocenters. The first-order valence-electron chi connectivity index (χ1n) is 12.8. The molecule has 3 aromatic rings. The van der Waals surface area contributed by atoms with Gasteiger partial charge in [-0.15, -0.1) is 0 Å². The Morgan fingerprint density at radius 2 is 1.89 bits per heavy atom. The second-order valence-corrected chi connectivity index (χ2v) is 9.52. The lowest BCUT2D eigenvalue weighted by molar-refractivity contribution is 0.0715. The third-order valence-electron chi connectivity index (χ3n) is 7.39. The number of piperazine rings is 1. The van der Waals surface area contributed by atoms with E-state index in [0.29, 0.717) is 24.4 Å². The zero-order valence-corrected chi connectivity index (χ0v) is 21.1. The number of halogens is 1. The molecule has 1 unspecified atom stereocenters. The molecule has 36 heavy (non-hydrogen) atoms. The average molecular weight is 495 g/mol. The van der Waals surface area contributed by atoms with Crippen LogP contribution in [0.15, 0.2) is 55.1 Å². The summed E-state index contributed by atoms with van der Waals surface area (Å²) in [5.74, 6) is 1.55. The summed E-state index contributed by atoms with van der Waals surface area (Å²) in [5, 5.41) is 0. The molecule has 0 amide bonds. The molecule has 0 spiro atoms. The molecule has 7 nitrogen and oxygen atoms in total. The maximum atomic E-state index is 13.9. The van der Waals surface area contributed by atoms with Crippen molar-refractivity contribution in [1.82, 2.24) is 14.5 Å². The molecule has 0 saturated carbocycles. The molecule has 2 fully saturated rings. The normalized spacial score (nSPS) is 20.1. The molecular weight excluding hydrogens is 459 g/mol. The van der Waals surface area contributed by atoms with E-state index >= 15 is 0 Å². The minimum absolute atomic E-state index is 0.299. The summed E-state index contributed by atoms with van der Waals surface area (Å²) in [6.45, 7) is 4.29. The maximum Gasteiger partial charge on any atom is 0.165 e. The number of aryl methyl sites for hydroxylation is 1. The highest BCUT2D eigenvalue weighted by Crippen LogP contribution is 2.40. The SMILES string of the molecule is COc1cc(N2CCN3C(CCC[C@@H]3c3ccc(OCCCn4ccnc4)c(OC)c3)C2)ccc1F. The van der Waals surface area contributed by atoms with Crippen LogP contribution in [0.1, 0.15) is 37.3 Å². The summed E-state index contributed by atoms with van der Waals surface area (Å²) in [7, 11) is 3.22. The summed E-state index contributed by atoms with van der Waals surface area (Å²) in [5.41, 5.74) is 2.30. The molecule has 3 heterocycles.